The van der Waals surface area contributed by atoms with Crippen LogP contribution in [0.3, 0.4) is 0 Å². The fourth-order valence-electron chi connectivity index (χ4n) is 4.45. The molecule has 0 radical (unpaired) electrons. The molecule has 0 unspecified atom stereocenters. The smallest absolute Gasteiger partial charge is 0.420 e. The number of halogens is 3. The maximum absolute atomic E-state index is 13.8. The van der Waals surface area contributed by atoms with Gasteiger partial charge in [0.15, 0.2) is 0 Å². The standard InChI is InChI=1S/C30H28F3N5O5/c1-29(2,3)43-28(41)38-16-35-21-9-6-18(11-24(21)38)15-42-25-12-17(5-8-20(25)30(31,32)33)14-34-26(39)19-7-10-23-22(13-19)36-27(40)37(23)4/h5-13,16H,14-15H2,1-4H3,(H,34,39)(H,36,40). The highest BCUT2D eigenvalue weighted by atomic mass is 19.4. The van der Waals surface area contributed by atoms with Crippen LogP contribution in [0.4, 0.5) is 18.0 Å². The van der Waals surface area contributed by atoms with Gasteiger partial charge in [-0.3, -0.25) is 9.36 Å². The Bertz CT molecular complexity index is 1910. The zero-order valence-corrected chi connectivity index (χ0v) is 23.7. The van der Waals surface area contributed by atoms with Crippen molar-refractivity contribution in [3.8, 4) is 5.75 Å². The van der Waals surface area contributed by atoms with Gasteiger partial charge >= 0.3 is 18.0 Å². The molecule has 13 heteroatoms. The fourth-order valence-corrected chi connectivity index (χ4v) is 4.45. The van der Waals surface area contributed by atoms with Gasteiger partial charge in [0.1, 0.15) is 24.3 Å². The Kier molecular flexibility index (Phi) is 7.51. The molecule has 0 spiro atoms. The van der Waals surface area contributed by atoms with E-state index in [9.17, 15) is 27.6 Å². The van der Waals surface area contributed by atoms with Crippen molar-refractivity contribution in [1.82, 2.24) is 24.4 Å². The molecule has 10 nitrogen and oxygen atoms in total. The summed E-state index contributed by atoms with van der Waals surface area (Å²) in [5, 5.41) is 2.68. The van der Waals surface area contributed by atoms with Crippen LogP contribution in [0, 0.1) is 0 Å². The highest BCUT2D eigenvalue weighted by molar-refractivity contribution is 5.97. The van der Waals surface area contributed by atoms with E-state index in [4.69, 9.17) is 9.47 Å². The second-order valence-corrected chi connectivity index (χ2v) is 10.9. The van der Waals surface area contributed by atoms with Gasteiger partial charge in [-0.05, 0) is 74.4 Å². The van der Waals surface area contributed by atoms with Crippen LogP contribution >= 0.6 is 0 Å². The summed E-state index contributed by atoms with van der Waals surface area (Å²) in [5.41, 5.74) is 1.16. The maximum Gasteiger partial charge on any atom is 0.420 e. The number of amides is 1. The molecule has 1 amide bonds. The molecule has 2 aromatic heterocycles. The Morgan fingerprint density at radius 2 is 1.72 bits per heavy atom. The van der Waals surface area contributed by atoms with Crippen molar-refractivity contribution in [3.05, 3.63) is 93.7 Å². The summed E-state index contributed by atoms with van der Waals surface area (Å²) in [5.74, 6) is -0.882. The molecular weight excluding hydrogens is 567 g/mol. The number of aromatic amines is 1. The molecule has 0 aliphatic carbocycles. The van der Waals surface area contributed by atoms with Gasteiger partial charge in [0, 0.05) is 19.2 Å². The van der Waals surface area contributed by atoms with E-state index in [0.29, 0.717) is 33.2 Å². The lowest BCUT2D eigenvalue weighted by molar-refractivity contribution is -0.139. The Morgan fingerprint density at radius 3 is 2.44 bits per heavy atom. The molecule has 43 heavy (non-hydrogen) atoms. The van der Waals surface area contributed by atoms with Crippen molar-refractivity contribution in [2.45, 2.75) is 45.7 Å². The van der Waals surface area contributed by atoms with E-state index in [2.05, 4.69) is 15.3 Å². The molecule has 0 atom stereocenters. The van der Waals surface area contributed by atoms with Gasteiger partial charge in [-0.2, -0.15) is 13.2 Å². The summed E-state index contributed by atoms with van der Waals surface area (Å²) in [6.07, 6.45) is -4.00. The van der Waals surface area contributed by atoms with Crippen LogP contribution < -0.4 is 15.7 Å². The molecule has 0 aliphatic heterocycles. The SMILES string of the molecule is Cn1c(=O)[nH]c2cc(C(=O)NCc3ccc(C(F)(F)F)c(OCc4ccc5ncn(C(=O)OC(C)(C)C)c5c4)c3)ccc21. The summed E-state index contributed by atoms with van der Waals surface area (Å²) in [6.45, 7) is 4.89. The number of aryl methyl sites for hydroxylation is 1. The summed E-state index contributed by atoms with van der Waals surface area (Å²) in [4.78, 5) is 44.0. The topological polar surface area (TPSA) is 120 Å². The molecule has 5 aromatic rings. The Morgan fingerprint density at radius 1 is 0.977 bits per heavy atom. The van der Waals surface area contributed by atoms with E-state index in [1.807, 2.05) is 0 Å². The van der Waals surface area contributed by atoms with Crippen molar-refractivity contribution in [3.63, 3.8) is 0 Å². The van der Waals surface area contributed by atoms with Crippen LogP contribution in [-0.4, -0.2) is 36.7 Å². The molecule has 3 aromatic carbocycles. The third-order valence-electron chi connectivity index (χ3n) is 6.57. The lowest BCUT2D eigenvalue weighted by atomic mass is 10.1. The monoisotopic (exact) mass is 595 g/mol. The van der Waals surface area contributed by atoms with Crippen LogP contribution in [-0.2, 0) is 31.1 Å². The number of rotatable bonds is 6. The van der Waals surface area contributed by atoms with E-state index in [0.717, 1.165) is 6.07 Å². The van der Waals surface area contributed by atoms with Crippen molar-refractivity contribution >= 4 is 34.1 Å². The molecule has 5 rings (SSSR count). The molecule has 2 heterocycles. The van der Waals surface area contributed by atoms with E-state index >= 15 is 0 Å². The lowest BCUT2D eigenvalue weighted by Gasteiger charge is -2.19. The minimum atomic E-state index is -4.68. The van der Waals surface area contributed by atoms with Crippen LogP contribution in [0.2, 0.25) is 0 Å². The summed E-state index contributed by atoms with van der Waals surface area (Å²) in [7, 11) is 1.60. The van der Waals surface area contributed by atoms with E-state index in [1.165, 1.54) is 33.7 Å². The number of fused-ring (bicyclic) bond motifs is 2. The highest BCUT2D eigenvalue weighted by Crippen LogP contribution is 2.37. The normalized spacial score (nSPS) is 12.1. The van der Waals surface area contributed by atoms with Crippen molar-refractivity contribution in [1.29, 1.82) is 0 Å². The van der Waals surface area contributed by atoms with Crippen LogP contribution in [0.5, 0.6) is 5.75 Å². The number of alkyl halides is 3. The van der Waals surface area contributed by atoms with Gasteiger partial charge in [-0.1, -0.05) is 12.1 Å². The lowest BCUT2D eigenvalue weighted by Crippen LogP contribution is -2.26. The minimum absolute atomic E-state index is 0.0717. The summed E-state index contributed by atoms with van der Waals surface area (Å²) in [6, 6.07) is 13.0. The molecule has 0 bridgehead atoms. The van der Waals surface area contributed by atoms with Crippen LogP contribution in [0.1, 0.15) is 47.8 Å². The molecule has 0 fully saturated rings. The van der Waals surface area contributed by atoms with Gasteiger partial charge in [0.05, 0.1) is 27.6 Å². The first-order chi connectivity index (χ1) is 20.2. The number of carbonyl (C=O) groups excluding carboxylic acids is 2. The van der Waals surface area contributed by atoms with Gasteiger partial charge in [-0.25, -0.2) is 19.1 Å². The average Bonchev–Trinajstić information content (AvgIpc) is 3.48. The fraction of sp³-hybridized carbons (Fsp3) is 0.267. The molecular formula is C30H28F3N5O5. The molecule has 0 aliphatic rings. The van der Waals surface area contributed by atoms with Crippen LogP contribution in [0.25, 0.3) is 22.1 Å². The molecule has 2 N–H and O–H groups in total. The quantitative estimate of drug-likeness (QED) is 0.267. The third kappa shape index (κ3) is 6.40. The number of benzene rings is 3. The van der Waals surface area contributed by atoms with Gasteiger partial charge in [0.25, 0.3) is 5.91 Å². The van der Waals surface area contributed by atoms with Gasteiger partial charge < -0.3 is 19.8 Å². The number of ether oxygens (including phenoxy) is 2. The zero-order chi connectivity index (χ0) is 31.1. The predicted molar refractivity (Wildman–Crippen MR) is 152 cm³/mol. The first kappa shape index (κ1) is 29.4. The number of carbonyl (C=O) groups is 2. The number of imidazole rings is 2. The Hall–Kier alpha value is -5.07. The van der Waals surface area contributed by atoms with E-state index in [1.54, 1.807) is 58.2 Å². The Balaban J connectivity index is 1.33. The first-order valence-electron chi connectivity index (χ1n) is 13.2. The second kappa shape index (κ2) is 11.0. The third-order valence-corrected chi connectivity index (χ3v) is 6.57. The largest absolute Gasteiger partial charge is 0.488 e. The number of aromatic nitrogens is 4. The number of nitrogens with one attached hydrogen (secondary N) is 2. The van der Waals surface area contributed by atoms with Crippen molar-refractivity contribution in [2.75, 3.05) is 0 Å². The van der Waals surface area contributed by atoms with Crippen LogP contribution in [0.15, 0.2) is 65.7 Å². The Labute approximate surface area is 243 Å². The second-order valence-electron chi connectivity index (χ2n) is 10.9. The molecule has 0 saturated heterocycles. The van der Waals surface area contributed by atoms with Crippen molar-refractivity contribution in [2.24, 2.45) is 7.05 Å². The maximum atomic E-state index is 13.8. The number of hydrogen-bond donors (Lipinski definition) is 2. The summed E-state index contributed by atoms with van der Waals surface area (Å²) < 4.78 is 55.1. The van der Waals surface area contributed by atoms with Gasteiger partial charge in [0.2, 0.25) is 0 Å². The number of nitrogens with zero attached hydrogens (tertiary/aromatic N) is 3. The number of H-pyrrole nitrogens is 1. The molecule has 0 saturated carbocycles. The van der Waals surface area contributed by atoms with E-state index < -0.39 is 35.1 Å². The molecule has 224 valence electrons. The first-order valence-corrected chi connectivity index (χ1v) is 13.2. The summed E-state index contributed by atoms with van der Waals surface area (Å²) >= 11 is 0. The van der Waals surface area contributed by atoms with Crippen molar-refractivity contribution < 1.29 is 32.2 Å². The van der Waals surface area contributed by atoms with Gasteiger partial charge in [-0.15, -0.1) is 0 Å². The van der Waals surface area contributed by atoms with E-state index in [-0.39, 0.29) is 24.4 Å². The zero-order valence-electron chi connectivity index (χ0n) is 23.7. The predicted octanol–water partition coefficient (Wildman–Crippen LogP) is 5.53. The highest BCUT2D eigenvalue weighted by Gasteiger charge is 2.34. The number of hydrogen-bond acceptors (Lipinski definition) is 6. The minimum Gasteiger partial charge on any atom is -0.488 e. The average molecular weight is 596 g/mol.